The fourth-order valence-corrected chi connectivity index (χ4v) is 10.1. The molecule has 1 amide bonds. The van der Waals surface area contributed by atoms with Crippen molar-refractivity contribution in [2.75, 3.05) is 13.2 Å². The summed E-state index contributed by atoms with van der Waals surface area (Å²) in [6, 6.07) is -0.538. The van der Waals surface area contributed by atoms with E-state index in [-0.39, 0.29) is 18.5 Å². The zero-order chi connectivity index (χ0) is 51.4. The summed E-state index contributed by atoms with van der Waals surface area (Å²) in [5.41, 5.74) is 0. The predicted octanol–water partition coefficient (Wildman–Crippen LogP) is 20.2. The van der Waals surface area contributed by atoms with Gasteiger partial charge in [0.25, 0.3) is 0 Å². The zero-order valence-electron chi connectivity index (χ0n) is 48.0. The Labute approximate surface area is 443 Å². The second kappa shape index (κ2) is 60.9. The number of rotatable bonds is 60. The van der Waals surface area contributed by atoms with Crippen molar-refractivity contribution >= 4 is 11.9 Å². The SMILES string of the molecule is CCCCCCCCCCCCCC(=O)OCCCCCCCCCCC/C=C\C/C=C\CCCCCCCCCCCCCCCCCCCC(=O)NC(CO)C(O)CCCCCCCCCCCC. The smallest absolute Gasteiger partial charge is 0.305 e. The third-order valence-electron chi connectivity index (χ3n) is 15.0. The first-order chi connectivity index (χ1) is 35.0. The minimum Gasteiger partial charge on any atom is -0.466 e. The van der Waals surface area contributed by atoms with Crippen LogP contribution in [0.25, 0.3) is 0 Å². The number of nitrogens with one attached hydrogen (secondary N) is 1. The standard InChI is InChI=1S/C65H125NO5/c1-3-5-7-9-11-13-38-43-47-51-55-59-65(70)71-60-56-52-48-44-40-37-35-33-31-29-27-25-23-21-19-17-15-16-18-20-22-24-26-28-30-32-34-36-39-42-46-50-54-58-64(69)66-62(61-67)63(68)57-53-49-45-41-14-12-10-8-6-4-2/h19,21,25,27,62-63,67-68H,3-18,20,22-24,26,28-61H2,1-2H3,(H,66,69)/b21-19-,27-25-. The summed E-state index contributed by atoms with van der Waals surface area (Å²) in [5, 5.41) is 23.2. The van der Waals surface area contributed by atoms with E-state index in [0.717, 1.165) is 44.9 Å². The number of aliphatic hydroxyl groups is 2. The summed E-state index contributed by atoms with van der Waals surface area (Å²) in [5.74, 6) is -0.0194. The van der Waals surface area contributed by atoms with E-state index < -0.39 is 12.1 Å². The average Bonchev–Trinajstić information content (AvgIpc) is 3.37. The topological polar surface area (TPSA) is 95.9 Å². The van der Waals surface area contributed by atoms with Gasteiger partial charge in [0, 0.05) is 12.8 Å². The van der Waals surface area contributed by atoms with Gasteiger partial charge in [-0.05, 0) is 57.8 Å². The summed E-state index contributed by atoms with van der Waals surface area (Å²) in [7, 11) is 0. The Hall–Kier alpha value is -1.66. The summed E-state index contributed by atoms with van der Waals surface area (Å²) < 4.78 is 5.47. The Morgan fingerprint density at radius 1 is 0.394 bits per heavy atom. The second-order valence-electron chi connectivity index (χ2n) is 22.1. The van der Waals surface area contributed by atoms with Gasteiger partial charge >= 0.3 is 5.97 Å². The van der Waals surface area contributed by atoms with Crippen molar-refractivity contribution in [3.8, 4) is 0 Å². The number of ether oxygens (including phenoxy) is 1. The third-order valence-corrected chi connectivity index (χ3v) is 15.0. The Bertz CT molecular complexity index is 1110. The van der Waals surface area contributed by atoms with E-state index >= 15 is 0 Å². The summed E-state index contributed by atoms with van der Waals surface area (Å²) in [4.78, 5) is 24.4. The van der Waals surface area contributed by atoms with E-state index in [1.807, 2.05) is 0 Å². The van der Waals surface area contributed by atoms with Crippen LogP contribution in [0.15, 0.2) is 24.3 Å². The maximum Gasteiger partial charge on any atom is 0.305 e. The van der Waals surface area contributed by atoms with Crippen LogP contribution < -0.4 is 5.32 Å². The molecule has 0 aromatic carbocycles. The first-order valence-corrected chi connectivity index (χ1v) is 32.1. The fraction of sp³-hybridized carbons (Fsp3) is 0.908. The number of hydrogen-bond acceptors (Lipinski definition) is 5. The van der Waals surface area contributed by atoms with Crippen LogP contribution >= 0.6 is 0 Å². The van der Waals surface area contributed by atoms with E-state index in [0.29, 0.717) is 25.9 Å². The van der Waals surface area contributed by atoms with Crippen molar-refractivity contribution in [1.29, 1.82) is 0 Å². The van der Waals surface area contributed by atoms with Crippen molar-refractivity contribution in [3.05, 3.63) is 24.3 Å². The van der Waals surface area contributed by atoms with Gasteiger partial charge in [-0.1, -0.05) is 308 Å². The number of aliphatic hydroxyl groups excluding tert-OH is 2. The van der Waals surface area contributed by atoms with Gasteiger partial charge in [0.1, 0.15) is 0 Å². The summed E-state index contributed by atoms with van der Waals surface area (Å²) >= 11 is 0. The van der Waals surface area contributed by atoms with Gasteiger partial charge in [0.05, 0.1) is 25.4 Å². The average molecular weight is 1000 g/mol. The maximum absolute atomic E-state index is 12.4. The number of unbranched alkanes of at least 4 members (excludes halogenated alkanes) is 45. The van der Waals surface area contributed by atoms with Crippen LogP contribution in [0.1, 0.15) is 354 Å². The molecule has 0 bridgehead atoms. The van der Waals surface area contributed by atoms with Gasteiger partial charge in [0.2, 0.25) is 5.91 Å². The van der Waals surface area contributed by atoms with E-state index in [9.17, 15) is 19.8 Å². The molecular formula is C65H125NO5. The predicted molar refractivity (Wildman–Crippen MR) is 310 cm³/mol. The number of hydrogen-bond donors (Lipinski definition) is 3. The second-order valence-corrected chi connectivity index (χ2v) is 22.1. The highest BCUT2D eigenvalue weighted by Crippen LogP contribution is 2.18. The number of allylic oxidation sites excluding steroid dienone is 4. The lowest BCUT2D eigenvalue weighted by molar-refractivity contribution is -0.143. The van der Waals surface area contributed by atoms with Gasteiger partial charge < -0.3 is 20.3 Å². The molecule has 0 saturated heterocycles. The molecule has 2 unspecified atom stereocenters. The monoisotopic (exact) mass is 1000 g/mol. The lowest BCUT2D eigenvalue weighted by atomic mass is 10.0. The molecule has 0 radical (unpaired) electrons. The molecular weight excluding hydrogens is 875 g/mol. The Morgan fingerprint density at radius 3 is 1.07 bits per heavy atom. The van der Waals surface area contributed by atoms with E-state index in [4.69, 9.17) is 4.74 Å². The molecule has 0 aliphatic rings. The molecule has 6 heteroatoms. The van der Waals surface area contributed by atoms with Crippen molar-refractivity contribution in [2.45, 2.75) is 366 Å². The lowest BCUT2D eigenvalue weighted by Gasteiger charge is -2.22. The van der Waals surface area contributed by atoms with Gasteiger partial charge in [-0.3, -0.25) is 9.59 Å². The Morgan fingerprint density at radius 2 is 0.704 bits per heavy atom. The van der Waals surface area contributed by atoms with Crippen LogP contribution in [-0.4, -0.2) is 47.4 Å². The first-order valence-electron chi connectivity index (χ1n) is 32.1. The first kappa shape index (κ1) is 69.3. The fourth-order valence-electron chi connectivity index (χ4n) is 10.1. The van der Waals surface area contributed by atoms with Crippen molar-refractivity contribution in [1.82, 2.24) is 5.32 Å². The molecule has 0 saturated carbocycles. The van der Waals surface area contributed by atoms with Crippen molar-refractivity contribution < 1.29 is 24.5 Å². The minimum absolute atomic E-state index is 0.0140. The zero-order valence-corrected chi connectivity index (χ0v) is 48.0. The quantitative estimate of drug-likeness (QED) is 0.0320. The lowest BCUT2D eigenvalue weighted by Crippen LogP contribution is -2.45. The molecule has 0 aliphatic heterocycles. The normalized spacial score (nSPS) is 12.7. The number of carbonyl (C=O) groups excluding carboxylic acids is 2. The van der Waals surface area contributed by atoms with Crippen LogP contribution in [0, 0.1) is 0 Å². The van der Waals surface area contributed by atoms with E-state index in [1.165, 1.54) is 276 Å². The molecule has 0 rings (SSSR count). The summed E-state index contributed by atoms with van der Waals surface area (Å²) in [6.07, 6.45) is 75.0. The number of amides is 1. The highest BCUT2D eigenvalue weighted by Gasteiger charge is 2.20. The van der Waals surface area contributed by atoms with Crippen LogP contribution in [0.3, 0.4) is 0 Å². The van der Waals surface area contributed by atoms with Gasteiger partial charge in [-0.15, -0.1) is 0 Å². The summed E-state index contributed by atoms with van der Waals surface area (Å²) in [6.45, 7) is 4.95. The highest BCUT2D eigenvalue weighted by molar-refractivity contribution is 5.76. The Kier molecular flexibility index (Phi) is 59.5. The molecule has 0 aliphatic carbocycles. The minimum atomic E-state index is -0.660. The molecule has 0 heterocycles. The van der Waals surface area contributed by atoms with Crippen LogP contribution in [0.5, 0.6) is 0 Å². The van der Waals surface area contributed by atoms with Crippen molar-refractivity contribution in [2.24, 2.45) is 0 Å². The number of esters is 1. The molecule has 0 aromatic rings. The maximum atomic E-state index is 12.4. The van der Waals surface area contributed by atoms with Crippen LogP contribution in [-0.2, 0) is 14.3 Å². The highest BCUT2D eigenvalue weighted by atomic mass is 16.5. The van der Waals surface area contributed by atoms with Crippen molar-refractivity contribution in [3.63, 3.8) is 0 Å². The van der Waals surface area contributed by atoms with Gasteiger partial charge in [-0.25, -0.2) is 0 Å². The van der Waals surface area contributed by atoms with Gasteiger partial charge in [0.15, 0.2) is 0 Å². The van der Waals surface area contributed by atoms with E-state index in [2.05, 4.69) is 43.5 Å². The van der Waals surface area contributed by atoms with Crippen LogP contribution in [0.2, 0.25) is 0 Å². The Balaban J connectivity index is 3.35. The molecule has 71 heavy (non-hydrogen) atoms. The van der Waals surface area contributed by atoms with Gasteiger partial charge in [-0.2, -0.15) is 0 Å². The van der Waals surface area contributed by atoms with E-state index in [1.54, 1.807) is 0 Å². The molecule has 2 atom stereocenters. The third kappa shape index (κ3) is 57.5. The molecule has 0 fully saturated rings. The molecule has 420 valence electrons. The largest absolute Gasteiger partial charge is 0.466 e. The molecule has 0 spiro atoms. The molecule has 6 nitrogen and oxygen atoms in total. The van der Waals surface area contributed by atoms with Crippen LogP contribution in [0.4, 0.5) is 0 Å². The molecule has 3 N–H and O–H groups in total. The number of carbonyl (C=O) groups is 2. The molecule has 0 aromatic heterocycles.